The first-order valence-electron chi connectivity index (χ1n) is 2.84. The first-order chi connectivity index (χ1) is 4.36. The third-order valence-electron chi connectivity index (χ3n) is 1.47. The molecule has 0 spiro atoms. The maximum Gasteiger partial charge on any atom is 0.0935 e. The van der Waals surface area contributed by atoms with E-state index in [1.165, 1.54) is 10.4 Å². The Balaban J connectivity index is 2.51. The molecule has 1 aliphatic heterocycles. The lowest BCUT2D eigenvalue weighted by Crippen LogP contribution is -2.00. The minimum Gasteiger partial charge on any atom is -0.308 e. The quantitative estimate of drug-likeness (QED) is 0.611. The zero-order valence-electron chi connectivity index (χ0n) is 4.78. The summed E-state index contributed by atoms with van der Waals surface area (Å²) in [6.07, 6.45) is 0. The van der Waals surface area contributed by atoms with Crippen molar-refractivity contribution in [2.45, 2.75) is 13.1 Å². The molecular weight excluding hydrogens is 154 g/mol. The SMILES string of the molecule is Clc1cc2c(s1)CNC2. The average molecular weight is 160 g/mol. The summed E-state index contributed by atoms with van der Waals surface area (Å²) in [6.45, 7) is 2.01. The molecule has 0 radical (unpaired) electrons. The molecule has 2 rings (SSSR count). The fraction of sp³-hybridized carbons (Fsp3) is 0.333. The largest absolute Gasteiger partial charge is 0.308 e. The Morgan fingerprint density at radius 1 is 1.56 bits per heavy atom. The fourth-order valence-electron chi connectivity index (χ4n) is 1.04. The lowest BCUT2D eigenvalue weighted by Gasteiger charge is -1.84. The molecule has 1 nitrogen and oxygen atoms in total. The molecular formula is C6H6ClNS. The van der Waals surface area contributed by atoms with Crippen molar-refractivity contribution in [2.24, 2.45) is 0 Å². The maximum atomic E-state index is 5.77. The summed E-state index contributed by atoms with van der Waals surface area (Å²) >= 11 is 7.45. The highest BCUT2D eigenvalue weighted by Gasteiger charge is 2.12. The summed E-state index contributed by atoms with van der Waals surface area (Å²) < 4.78 is 0.918. The Labute approximate surface area is 62.6 Å². The first kappa shape index (κ1) is 5.71. The van der Waals surface area contributed by atoms with Crippen LogP contribution in [0.5, 0.6) is 0 Å². The Kier molecular flexibility index (Phi) is 1.25. The molecule has 0 saturated carbocycles. The second-order valence-electron chi connectivity index (χ2n) is 2.10. The van der Waals surface area contributed by atoms with Gasteiger partial charge in [0.2, 0.25) is 0 Å². The van der Waals surface area contributed by atoms with E-state index in [0.29, 0.717) is 0 Å². The lowest BCUT2D eigenvalue weighted by atomic mass is 10.3. The Morgan fingerprint density at radius 2 is 2.44 bits per heavy atom. The summed E-state index contributed by atoms with van der Waals surface area (Å²) in [5, 5.41) is 3.25. The van der Waals surface area contributed by atoms with Crippen molar-refractivity contribution in [2.75, 3.05) is 0 Å². The van der Waals surface area contributed by atoms with Crippen LogP contribution in [0, 0.1) is 0 Å². The van der Waals surface area contributed by atoms with Crippen LogP contribution >= 0.6 is 22.9 Å². The van der Waals surface area contributed by atoms with Crippen molar-refractivity contribution in [1.29, 1.82) is 0 Å². The molecule has 1 aromatic heterocycles. The van der Waals surface area contributed by atoms with Crippen LogP contribution in [0.3, 0.4) is 0 Å². The van der Waals surface area contributed by atoms with Gasteiger partial charge in [0.05, 0.1) is 4.34 Å². The second kappa shape index (κ2) is 1.97. The van der Waals surface area contributed by atoms with Crippen molar-refractivity contribution in [3.05, 3.63) is 20.8 Å². The molecule has 48 valence electrons. The van der Waals surface area contributed by atoms with Gasteiger partial charge in [0.1, 0.15) is 0 Å². The van der Waals surface area contributed by atoms with Crippen LogP contribution in [0.1, 0.15) is 10.4 Å². The van der Waals surface area contributed by atoms with Gasteiger partial charge in [-0.05, 0) is 11.6 Å². The van der Waals surface area contributed by atoms with Gasteiger partial charge in [0, 0.05) is 18.0 Å². The van der Waals surface area contributed by atoms with E-state index in [1.807, 2.05) is 6.07 Å². The van der Waals surface area contributed by atoms with Gasteiger partial charge in [-0.2, -0.15) is 0 Å². The van der Waals surface area contributed by atoms with Gasteiger partial charge in [-0.15, -0.1) is 11.3 Å². The molecule has 1 N–H and O–H groups in total. The minimum absolute atomic E-state index is 0.918. The van der Waals surface area contributed by atoms with Crippen LogP contribution in [0.25, 0.3) is 0 Å². The van der Waals surface area contributed by atoms with E-state index < -0.39 is 0 Å². The van der Waals surface area contributed by atoms with E-state index in [0.717, 1.165) is 17.4 Å². The van der Waals surface area contributed by atoms with Crippen molar-refractivity contribution < 1.29 is 0 Å². The van der Waals surface area contributed by atoms with E-state index in [-0.39, 0.29) is 0 Å². The van der Waals surface area contributed by atoms with E-state index >= 15 is 0 Å². The van der Waals surface area contributed by atoms with Gasteiger partial charge in [-0.3, -0.25) is 0 Å². The molecule has 0 saturated heterocycles. The van der Waals surface area contributed by atoms with Crippen molar-refractivity contribution in [1.82, 2.24) is 5.32 Å². The zero-order chi connectivity index (χ0) is 6.27. The van der Waals surface area contributed by atoms with Crippen molar-refractivity contribution in [3.63, 3.8) is 0 Å². The summed E-state index contributed by atoms with van der Waals surface area (Å²) in [4.78, 5) is 1.40. The van der Waals surface area contributed by atoms with Crippen molar-refractivity contribution in [3.8, 4) is 0 Å². The van der Waals surface area contributed by atoms with Crippen LogP contribution in [0.4, 0.5) is 0 Å². The number of halogens is 1. The standard InChI is InChI=1S/C6H6ClNS/c7-6-1-4-2-8-3-5(4)9-6/h1,8H,2-3H2. The molecule has 3 heteroatoms. The number of nitrogens with one attached hydrogen (secondary N) is 1. The molecule has 1 aromatic rings. The third-order valence-corrected chi connectivity index (χ3v) is 2.77. The average Bonchev–Trinajstić information content (AvgIpc) is 2.22. The molecule has 0 atom stereocenters. The highest BCUT2D eigenvalue weighted by molar-refractivity contribution is 7.16. The van der Waals surface area contributed by atoms with E-state index in [9.17, 15) is 0 Å². The predicted octanol–water partition coefficient (Wildman–Crippen LogP) is 2.00. The van der Waals surface area contributed by atoms with Crippen LogP contribution in [0.15, 0.2) is 6.07 Å². The summed E-state index contributed by atoms with van der Waals surface area (Å²) in [7, 11) is 0. The van der Waals surface area contributed by atoms with Crippen LogP contribution in [0.2, 0.25) is 4.34 Å². The van der Waals surface area contributed by atoms with E-state index in [2.05, 4.69) is 5.32 Å². The molecule has 0 bridgehead atoms. The van der Waals surface area contributed by atoms with Gasteiger partial charge in [0.15, 0.2) is 0 Å². The van der Waals surface area contributed by atoms with E-state index in [4.69, 9.17) is 11.6 Å². The summed E-state index contributed by atoms with van der Waals surface area (Å²) in [5.41, 5.74) is 1.38. The smallest absolute Gasteiger partial charge is 0.0935 e. The number of fused-ring (bicyclic) bond motifs is 1. The van der Waals surface area contributed by atoms with Crippen molar-refractivity contribution >= 4 is 22.9 Å². The molecule has 0 unspecified atom stereocenters. The maximum absolute atomic E-state index is 5.77. The molecule has 0 fully saturated rings. The topological polar surface area (TPSA) is 12.0 Å². The first-order valence-corrected chi connectivity index (χ1v) is 4.03. The molecule has 0 amide bonds. The van der Waals surface area contributed by atoms with Crippen LogP contribution in [-0.2, 0) is 13.1 Å². The zero-order valence-corrected chi connectivity index (χ0v) is 6.35. The third kappa shape index (κ3) is 0.874. The number of thiophene rings is 1. The normalized spacial score (nSPS) is 16.1. The molecule has 0 aliphatic carbocycles. The second-order valence-corrected chi connectivity index (χ2v) is 3.87. The highest BCUT2D eigenvalue weighted by atomic mass is 35.5. The number of hydrogen-bond acceptors (Lipinski definition) is 2. The van der Waals surface area contributed by atoms with Crippen LogP contribution < -0.4 is 5.32 Å². The molecule has 9 heavy (non-hydrogen) atoms. The number of hydrogen-bond donors (Lipinski definition) is 1. The van der Waals surface area contributed by atoms with E-state index in [1.54, 1.807) is 11.3 Å². The molecule has 0 aromatic carbocycles. The monoisotopic (exact) mass is 159 g/mol. The van der Waals surface area contributed by atoms with Crippen LogP contribution in [-0.4, -0.2) is 0 Å². The van der Waals surface area contributed by atoms with Gasteiger partial charge in [-0.1, -0.05) is 11.6 Å². The molecule has 2 heterocycles. The molecule has 1 aliphatic rings. The fourth-order valence-corrected chi connectivity index (χ4v) is 2.32. The van der Waals surface area contributed by atoms with Gasteiger partial charge >= 0.3 is 0 Å². The van der Waals surface area contributed by atoms with Gasteiger partial charge in [0.25, 0.3) is 0 Å². The summed E-state index contributed by atoms with van der Waals surface area (Å²) in [6, 6.07) is 2.04. The highest BCUT2D eigenvalue weighted by Crippen LogP contribution is 2.29. The lowest BCUT2D eigenvalue weighted by molar-refractivity contribution is 0.767. The Bertz CT molecular complexity index is 209. The summed E-state index contributed by atoms with van der Waals surface area (Å²) in [5.74, 6) is 0. The predicted molar refractivity (Wildman–Crippen MR) is 39.9 cm³/mol. The Morgan fingerprint density at radius 3 is 3.22 bits per heavy atom. The van der Waals surface area contributed by atoms with Gasteiger partial charge in [-0.25, -0.2) is 0 Å². The number of rotatable bonds is 0. The Hall–Kier alpha value is -0.0500. The van der Waals surface area contributed by atoms with Gasteiger partial charge < -0.3 is 5.32 Å². The minimum atomic E-state index is 0.918.